The topological polar surface area (TPSA) is 43.8 Å². The number of nitrogens with two attached hydrogens (primary N) is 1. The molecule has 0 bridgehead atoms. The quantitative estimate of drug-likeness (QED) is 0.243. The summed E-state index contributed by atoms with van der Waals surface area (Å²) < 4.78 is 29.6. The molecule has 0 fully saturated rings. The zero-order valence-corrected chi connectivity index (χ0v) is 20.6. The highest BCUT2D eigenvalue weighted by atomic mass is 19.1. The monoisotopic (exact) mass is 501 g/mol. The van der Waals surface area contributed by atoms with Crippen LogP contribution in [-0.4, -0.2) is 9.78 Å². The molecule has 0 unspecified atom stereocenters. The van der Waals surface area contributed by atoms with E-state index in [0.29, 0.717) is 17.8 Å². The Kier molecular flexibility index (Phi) is 5.97. The first-order chi connectivity index (χ1) is 18.6. The summed E-state index contributed by atoms with van der Waals surface area (Å²) in [7, 11) is 0. The predicted molar refractivity (Wildman–Crippen MR) is 148 cm³/mol. The van der Waals surface area contributed by atoms with Gasteiger partial charge in [0, 0.05) is 11.5 Å². The fourth-order valence-corrected chi connectivity index (χ4v) is 5.41. The van der Waals surface area contributed by atoms with Crippen LogP contribution in [-0.2, 0) is 12.0 Å². The number of halogens is 2. The Bertz CT molecular complexity index is 1600. The van der Waals surface area contributed by atoms with Crippen molar-refractivity contribution in [2.75, 3.05) is 5.73 Å². The molecule has 3 nitrogen and oxygen atoms in total. The van der Waals surface area contributed by atoms with Crippen LogP contribution >= 0.6 is 0 Å². The minimum atomic E-state index is -0.799. The Hall–Kier alpha value is -4.77. The third kappa shape index (κ3) is 4.02. The maximum atomic E-state index is 13.8. The number of fused-ring (bicyclic) bond motifs is 1. The van der Waals surface area contributed by atoms with Gasteiger partial charge in [-0.1, -0.05) is 97.1 Å². The van der Waals surface area contributed by atoms with Crippen LogP contribution in [0.15, 0.2) is 127 Å². The largest absolute Gasteiger partial charge is 0.382 e. The molecule has 186 valence electrons. The third-order valence-corrected chi connectivity index (χ3v) is 7.00. The van der Waals surface area contributed by atoms with E-state index in [1.54, 1.807) is 0 Å². The van der Waals surface area contributed by atoms with E-state index < -0.39 is 17.2 Å². The van der Waals surface area contributed by atoms with E-state index >= 15 is 0 Å². The van der Waals surface area contributed by atoms with Gasteiger partial charge in [0.15, 0.2) is 5.82 Å². The van der Waals surface area contributed by atoms with Crippen molar-refractivity contribution in [3.63, 3.8) is 0 Å². The molecule has 0 radical (unpaired) electrons. The van der Waals surface area contributed by atoms with Crippen LogP contribution < -0.4 is 5.73 Å². The van der Waals surface area contributed by atoms with Crippen molar-refractivity contribution in [1.29, 1.82) is 0 Å². The molecular formula is C33H25F2N3. The molecule has 1 aromatic heterocycles. The fraction of sp³-hybridized carbons (Fsp3) is 0.0606. The van der Waals surface area contributed by atoms with E-state index in [1.807, 2.05) is 77.5 Å². The van der Waals surface area contributed by atoms with Crippen molar-refractivity contribution >= 4 is 16.7 Å². The summed E-state index contributed by atoms with van der Waals surface area (Å²) >= 11 is 0. The van der Waals surface area contributed by atoms with E-state index in [0.717, 1.165) is 39.2 Å². The first kappa shape index (κ1) is 23.6. The highest BCUT2D eigenvalue weighted by Gasteiger charge is 2.40. The van der Waals surface area contributed by atoms with Gasteiger partial charge in [0.2, 0.25) is 0 Å². The smallest absolute Gasteiger partial charge is 0.153 e. The summed E-state index contributed by atoms with van der Waals surface area (Å²) in [6.07, 6.45) is 0.371. The maximum Gasteiger partial charge on any atom is 0.153 e. The molecular weight excluding hydrogens is 476 g/mol. The molecule has 0 aliphatic heterocycles. The average Bonchev–Trinajstić information content (AvgIpc) is 3.26. The van der Waals surface area contributed by atoms with Crippen molar-refractivity contribution < 1.29 is 8.78 Å². The average molecular weight is 502 g/mol. The molecule has 1 heterocycles. The molecule has 0 aliphatic carbocycles. The van der Waals surface area contributed by atoms with Crippen molar-refractivity contribution in [2.45, 2.75) is 12.0 Å². The summed E-state index contributed by atoms with van der Waals surface area (Å²) in [5.74, 6) is -0.794. The lowest BCUT2D eigenvalue weighted by Crippen LogP contribution is -2.38. The lowest BCUT2D eigenvalue weighted by atomic mass is 9.77. The van der Waals surface area contributed by atoms with E-state index in [1.165, 1.54) is 12.1 Å². The van der Waals surface area contributed by atoms with Gasteiger partial charge in [-0.2, -0.15) is 5.10 Å². The fourth-order valence-electron chi connectivity index (χ4n) is 5.41. The molecule has 2 N–H and O–H groups in total. The maximum absolute atomic E-state index is 13.8. The molecule has 5 aromatic carbocycles. The Morgan fingerprint density at radius 1 is 0.605 bits per heavy atom. The number of anilines is 1. The Morgan fingerprint density at radius 2 is 1.11 bits per heavy atom. The number of nitrogens with zero attached hydrogens (tertiary/aromatic N) is 2. The number of hydrogen-bond donors (Lipinski definition) is 1. The van der Waals surface area contributed by atoms with Crippen molar-refractivity contribution in [3.8, 4) is 0 Å². The van der Waals surface area contributed by atoms with E-state index in [4.69, 9.17) is 10.8 Å². The van der Waals surface area contributed by atoms with Gasteiger partial charge in [0.1, 0.15) is 17.2 Å². The van der Waals surface area contributed by atoms with Crippen LogP contribution in [0.4, 0.5) is 14.6 Å². The van der Waals surface area contributed by atoms with Gasteiger partial charge in [-0.25, -0.2) is 13.5 Å². The van der Waals surface area contributed by atoms with Gasteiger partial charge in [0.05, 0.1) is 5.52 Å². The molecule has 5 heteroatoms. The van der Waals surface area contributed by atoms with Gasteiger partial charge < -0.3 is 5.73 Å². The number of aromatic nitrogens is 2. The summed E-state index contributed by atoms with van der Waals surface area (Å²) in [6, 6.07) is 40.3. The Labute approximate surface area is 219 Å². The highest BCUT2D eigenvalue weighted by molar-refractivity contribution is 5.90. The molecule has 0 amide bonds. The lowest BCUT2D eigenvalue weighted by Gasteiger charge is -2.37. The van der Waals surface area contributed by atoms with Crippen LogP contribution in [0.1, 0.15) is 27.8 Å². The van der Waals surface area contributed by atoms with Crippen LogP contribution in [0, 0.1) is 11.6 Å². The third-order valence-electron chi connectivity index (χ3n) is 7.00. The second-order valence-electron chi connectivity index (χ2n) is 9.41. The second-order valence-corrected chi connectivity index (χ2v) is 9.41. The van der Waals surface area contributed by atoms with Crippen LogP contribution in [0.25, 0.3) is 10.9 Å². The number of benzene rings is 5. The number of rotatable bonds is 6. The van der Waals surface area contributed by atoms with Crippen LogP contribution in [0.2, 0.25) is 0 Å². The van der Waals surface area contributed by atoms with E-state index in [-0.39, 0.29) is 0 Å². The Balaban J connectivity index is 1.60. The predicted octanol–water partition coefficient (Wildman–Crippen LogP) is 7.33. The summed E-state index contributed by atoms with van der Waals surface area (Å²) in [4.78, 5) is 0. The number of nitrogen functional groups attached to an aromatic ring is 1. The normalized spacial score (nSPS) is 11.6. The molecule has 6 aromatic rings. The zero-order valence-electron chi connectivity index (χ0n) is 20.6. The molecule has 38 heavy (non-hydrogen) atoms. The van der Waals surface area contributed by atoms with Gasteiger partial charge >= 0.3 is 0 Å². The van der Waals surface area contributed by atoms with Crippen molar-refractivity contribution in [2.24, 2.45) is 0 Å². The van der Waals surface area contributed by atoms with Crippen LogP contribution in [0.5, 0.6) is 0 Å². The first-order valence-electron chi connectivity index (χ1n) is 12.4. The van der Waals surface area contributed by atoms with E-state index in [9.17, 15) is 8.78 Å². The molecule has 0 spiro atoms. The minimum Gasteiger partial charge on any atom is -0.382 e. The summed E-state index contributed by atoms with van der Waals surface area (Å²) in [5.41, 5.74) is 11.2. The first-order valence-corrected chi connectivity index (χ1v) is 12.4. The molecule has 0 aliphatic rings. The zero-order chi connectivity index (χ0) is 26.1. The van der Waals surface area contributed by atoms with Crippen molar-refractivity contribution in [1.82, 2.24) is 9.78 Å². The standard InChI is InChI=1S/C33H25F2N3/c34-28-19-24(20-29(35)22-28)18-23-16-17-31-30(21-23)32(36)37-38(31)33(25-10-4-1-5-11-25,26-12-6-2-7-13-26)27-14-8-3-9-15-27/h1-17,19-22H,18H2,(H2,36,37). The lowest BCUT2D eigenvalue weighted by molar-refractivity contribution is 0.477. The van der Waals surface area contributed by atoms with Gasteiger partial charge in [0.25, 0.3) is 0 Å². The van der Waals surface area contributed by atoms with Crippen molar-refractivity contribution in [3.05, 3.63) is 167 Å². The SMILES string of the molecule is Nc1nn(C(c2ccccc2)(c2ccccc2)c2ccccc2)c2ccc(Cc3cc(F)cc(F)c3)cc12. The summed E-state index contributed by atoms with van der Waals surface area (Å²) in [5, 5.41) is 5.73. The van der Waals surface area contributed by atoms with Gasteiger partial charge in [-0.15, -0.1) is 0 Å². The minimum absolute atomic E-state index is 0.371. The molecule has 0 saturated heterocycles. The Morgan fingerprint density at radius 3 is 1.61 bits per heavy atom. The van der Waals surface area contributed by atoms with Gasteiger partial charge in [-0.3, -0.25) is 0 Å². The molecule has 6 rings (SSSR count). The molecule has 0 atom stereocenters. The van der Waals surface area contributed by atoms with Gasteiger partial charge in [-0.05, 0) is 58.5 Å². The second kappa shape index (κ2) is 9.60. The molecule has 0 saturated carbocycles. The van der Waals surface area contributed by atoms with E-state index in [2.05, 4.69) is 36.4 Å². The van der Waals surface area contributed by atoms with Crippen LogP contribution in [0.3, 0.4) is 0 Å². The number of hydrogen-bond acceptors (Lipinski definition) is 2. The summed E-state index contributed by atoms with van der Waals surface area (Å²) in [6.45, 7) is 0. The highest BCUT2D eigenvalue weighted by Crippen LogP contribution is 2.43.